The minimum Gasteiger partial charge on any atom is -0.462 e. The molecule has 8 atom stereocenters. The second-order valence-corrected chi connectivity index (χ2v) is 18.7. The third-order valence-electron chi connectivity index (χ3n) is 11.6. The Morgan fingerprint density at radius 1 is 0.492 bits per heavy atom. The SMILES string of the molecule is CCCCCCCCCCCCCCCCCCCC/C=C/CCCC(=O)O[C@H](COC(=O)CCCCCCCCCCC)COP(=O)(O)OC1C(O)C(O)C(O)[C@H](O)C1O. The summed E-state index contributed by atoms with van der Waals surface area (Å²) < 4.78 is 33.4. The van der Waals surface area contributed by atoms with Gasteiger partial charge in [0.05, 0.1) is 6.61 Å². The molecule has 0 aromatic carbocycles. The maximum absolute atomic E-state index is 12.8. The van der Waals surface area contributed by atoms with Crippen LogP contribution in [-0.4, -0.2) is 98.3 Å². The molecule has 360 valence electrons. The van der Waals surface area contributed by atoms with E-state index in [9.17, 15) is 44.6 Å². The lowest BCUT2D eigenvalue weighted by molar-refractivity contribution is -0.220. The van der Waals surface area contributed by atoms with E-state index in [4.69, 9.17) is 18.5 Å². The van der Waals surface area contributed by atoms with Crippen LogP contribution in [0.4, 0.5) is 0 Å². The molecule has 14 heteroatoms. The fourth-order valence-electron chi connectivity index (χ4n) is 7.65. The van der Waals surface area contributed by atoms with Gasteiger partial charge in [0, 0.05) is 12.8 Å². The highest BCUT2D eigenvalue weighted by Gasteiger charge is 2.51. The van der Waals surface area contributed by atoms with Gasteiger partial charge in [-0.15, -0.1) is 0 Å². The summed E-state index contributed by atoms with van der Waals surface area (Å²) in [6.45, 7) is 3.27. The van der Waals surface area contributed by atoms with E-state index in [0.29, 0.717) is 19.3 Å². The summed E-state index contributed by atoms with van der Waals surface area (Å²) in [7, 11) is -5.12. The van der Waals surface area contributed by atoms with Gasteiger partial charge in [-0.05, 0) is 32.1 Å². The highest BCUT2D eigenvalue weighted by molar-refractivity contribution is 7.47. The fourth-order valence-corrected chi connectivity index (χ4v) is 8.62. The number of allylic oxidation sites excluding steroid dienone is 2. The van der Waals surface area contributed by atoms with Crippen molar-refractivity contribution in [3.63, 3.8) is 0 Å². The Balaban J connectivity index is 2.35. The highest BCUT2D eigenvalue weighted by Crippen LogP contribution is 2.47. The fraction of sp³-hybridized carbons (Fsp3) is 0.915. The predicted molar refractivity (Wildman–Crippen MR) is 240 cm³/mol. The van der Waals surface area contributed by atoms with E-state index in [0.717, 1.165) is 32.1 Å². The van der Waals surface area contributed by atoms with Crippen molar-refractivity contribution >= 4 is 19.8 Å². The summed E-state index contributed by atoms with van der Waals surface area (Å²) in [5.74, 6) is -1.13. The first-order chi connectivity index (χ1) is 29.4. The van der Waals surface area contributed by atoms with Crippen molar-refractivity contribution < 1.29 is 63.1 Å². The summed E-state index contributed by atoms with van der Waals surface area (Å²) >= 11 is 0. The number of esters is 2. The molecule has 1 fully saturated rings. The maximum atomic E-state index is 12.8. The first kappa shape index (κ1) is 57.6. The Bertz CT molecular complexity index is 1120. The lowest BCUT2D eigenvalue weighted by atomic mass is 9.85. The standard InChI is InChI=1S/C47H89O13P/c1-3-5-7-9-11-13-14-15-16-17-18-19-20-21-22-23-24-25-26-28-30-32-34-36-41(49)59-39(37-57-40(48)35-33-31-29-27-12-10-8-6-4-2)38-58-61(55,56)60-47-45(53)43(51)42(50)44(52)46(47)54/h28,30,39,42-47,50-54H,3-27,29,31-38H2,1-2H3,(H,55,56)/b30-28+/t39-,42?,43+,44?,45?,46?,47?/m1/s1. The van der Waals surface area contributed by atoms with Gasteiger partial charge in [0.2, 0.25) is 0 Å². The zero-order chi connectivity index (χ0) is 45.0. The van der Waals surface area contributed by atoms with Crippen LogP contribution in [0.3, 0.4) is 0 Å². The van der Waals surface area contributed by atoms with Crippen LogP contribution in [0.2, 0.25) is 0 Å². The summed E-state index contributed by atoms with van der Waals surface area (Å²) in [6, 6.07) is 0. The quantitative estimate of drug-likeness (QED) is 0.0146. The number of rotatable bonds is 41. The van der Waals surface area contributed by atoms with Crippen LogP contribution in [-0.2, 0) is 32.7 Å². The van der Waals surface area contributed by atoms with Gasteiger partial charge < -0.3 is 39.9 Å². The first-order valence-electron chi connectivity index (χ1n) is 24.5. The Hall–Kier alpha value is -1.41. The Labute approximate surface area is 369 Å². The van der Waals surface area contributed by atoms with E-state index in [-0.39, 0.29) is 12.8 Å². The van der Waals surface area contributed by atoms with Gasteiger partial charge in [0.25, 0.3) is 0 Å². The molecule has 61 heavy (non-hydrogen) atoms. The molecule has 1 saturated carbocycles. The van der Waals surface area contributed by atoms with Crippen LogP contribution >= 0.6 is 7.82 Å². The van der Waals surface area contributed by atoms with Gasteiger partial charge in [0.1, 0.15) is 43.2 Å². The normalized spacial score (nSPS) is 22.0. The van der Waals surface area contributed by atoms with E-state index in [1.807, 2.05) is 0 Å². The van der Waals surface area contributed by atoms with Crippen molar-refractivity contribution in [3.05, 3.63) is 12.2 Å². The number of aliphatic hydroxyl groups excluding tert-OH is 5. The van der Waals surface area contributed by atoms with Gasteiger partial charge >= 0.3 is 19.8 Å². The molecular formula is C47H89O13P. The average molecular weight is 893 g/mol. The van der Waals surface area contributed by atoms with E-state index in [2.05, 4.69) is 26.0 Å². The van der Waals surface area contributed by atoms with E-state index in [1.165, 1.54) is 141 Å². The number of ether oxygens (including phenoxy) is 2. The molecule has 6 unspecified atom stereocenters. The Morgan fingerprint density at radius 2 is 0.852 bits per heavy atom. The number of hydrogen-bond acceptors (Lipinski definition) is 12. The topological polar surface area (TPSA) is 210 Å². The van der Waals surface area contributed by atoms with E-state index >= 15 is 0 Å². The van der Waals surface area contributed by atoms with Crippen LogP contribution in [0.1, 0.15) is 219 Å². The smallest absolute Gasteiger partial charge is 0.462 e. The highest BCUT2D eigenvalue weighted by atomic mass is 31.2. The Kier molecular flexibility index (Phi) is 35.8. The predicted octanol–water partition coefficient (Wildman–Crippen LogP) is 9.84. The molecule has 0 aliphatic heterocycles. The molecule has 0 heterocycles. The van der Waals surface area contributed by atoms with Gasteiger partial charge in [-0.3, -0.25) is 18.6 Å². The largest absolute Gasteiger partial charge is 0.472 e. The monoisotopic (exact) mass is 893 g/mol. The first-order valence-corrected chi connectivity index (χ1v) is 26.0. The molecule has 6 N–H and O–H groups in total. The molecule has 0 aromatic rings. The van der Waals surface area contributed by atoms with Crippen molar-refractivity contribution in [2.45, 2.75) is 262 Å². The average Bonchev–Trinajstić information content (AvgIpc) is 3.24. The second kappa shape index (κ2) is 37.9. The zero-order valence-electron chi connectivity index (χ0n) is 38.2. The zero-order valence-corrected chi connectivity index (χ0v) is 39.1. The number of carbonyl (C=O) groups excluding carboxylic acids is 2. The van der Waals surface area contributed by atoms with Crippen LogP contribution in [0.5, 0.6) is 0 Å². The minimum absolute atomic E-state index is 0.0538. The lowest BCUT2D eigenvalue weighted by Crippen LogP contribution is -2.64. The molecule has 0 aromatic heterocycles. The number of phosphoric ester groups is 1. The van der Waals surface area contributed by atoms with Crippen LogP contribution < -0.4 is 0 Å². The molecule has 0 radical (unpaired) electrons. The molecule has 1 aliphatic carbocycles. The summed E-state index contributed by atoms with van der Waals surface area (Å²) in [5, 5.41) is 50.1. The molecule has 13 nitrogen and oxygen atoms in total. The van der Waals surface area contributed by atoms with Crippen molar-refractivity contribution in [1.29, 1.82) is 0 Å². The van der Waals surface area contributed by atoms with Gasteiger partial charge in [-0.2, -0.15) is 0 Å². The number of hydrogen-bond donors (Lipinski definition) is 6. The van der Waals surface area contributed by atoms with E-state index < -0.39 is 75.7 Å². The minimum atomic E-state index is -5.12. The third kappa shape index (κ3) is 30.4. The molecule has 1 rings (SSSR count). The molecule has 1 aliphatic rings. The summed E-state index contributed by atoms with van der Waals surface area (Å²) in [4.78, 5) is 35.6. The molecular weight excluding hydrogens is 803 g/mol. The Morgan fingerprint density at radius 3 is 1.30 bits per heavy atom. The molecule has 0 saturated heterocycles. The summed E-state index contributed by atoms with van der Waals surface area (Å²) in [6.07, 6.45) is 27.3. The van der Waals surface area contributed by atoms with Crippen LogP contribution in [0, 0.1) is 0 Å². The van der Waals surface area contributed by atoms with Crippen molar-refractivity contribution in [2.24, 2.45) is 0 Å². The molecule has 0 spiro atoms. The van der Waals surface area contributed by atoms with E-state index in [1.54, 1.807) is 0 Å². The number of aliphatic hydroxyl groups is 5. The van der Waals surface area contributed by atoms with Crippen molar-refractivity contribution in [2.75, 3.05) is 13.2 Å². The van der Waals surface area contributed by atoms with Gasteiger partial charge in [-0.1, -0.05) is 187 Å². The second-order valence-electron chi connectivity index (χ2n) is 17.3. The van der Waals surface area contributed by atoms with Crippen molar-refractivity contribution in [1.82, 2.24) is 0 Å². The van der Waals surface area contributed by atoms with Crippen molar-refractivity contribution in [3.8, 4) is 0 Å². The van der Waals surface area contributed by atoms with Gasteiger partial charge in [-0.25, -0.2) is 4.57 Å². The lowest BCUT2D eigenvalue weighted by Gasteiger charge is -2.41. The number of carbonyl (C=O) groups is 2. The number of phosphoric acid groups is 1. The number of unbranched alkanes of at least 4 members (excludes halogenated alkanes) is 27. The third-order valence-corrected chi connectivity index (χ3v) is 12.6. The van der Waals surface area contributed by atoms with Gasteiger partial charge in [0.15, 0.2) is 6.10 Å². The summed E-state index contributed by atoms with van der Waals surface area (Å²) in [5.41, 5.74) is 0. The molecule has 0 bridgehead atoms. The molecule has 0 amide bonds. The van der Waals surface area contributed by atoms with Crippen LogP contribution in [0.25, 0.3) is 0 Å². The maximum Gasteiger partial charge on any atom is 0.472 e. The van der Waals surface area contributed by atoms with Crippen LogP contribution in [0.15, 0.2) is 12.2 Å².